The van der Waals surface area contributed by atoms with Crippen LogP contribution in [0.25, 0.3) is 0 Å². The SMILES string of the molecule is CNC(=O)C1CCCN(C(=O)C2CCCNC2)C1. The summed E-state index contributed by atoms with van der Waals surface area (Å²) in [7, 11) is 1.66. The van der Waals surface area contributed by atoms with Crippen LogP contribution in [0, 0.1) is 11.8 Å². The highest BCUT2D eigenvalue weighted by Crippen LogP contribution is 2.21. The summed E-state index contributed by atoms with van der Waals surface area (Å²) in [6.45, 7) is 3.21. The second-order valence-electron chi connectivity index (χ2n) is 5.28. The summed E-state index contributed by atoms with van der Waals surface area (Å²) in [6.07, 6.45) is 3.88. The first kappa shape index (κ1) is 13.3. The standard InChI is InChI=1S/C13H23N3O2/c1-14-12(17)11-5-3-7-16(9-11)13(18)10-4-2-6-15-8-10/h10-11,15H,2-9H2,1H3,(H,14,17). The highest BCUT2D eigenvalue weighted by atomic mass is 16.2. The van der Waals surface area contributed by atoms with Gasteiger partial charge in [0.1, 0.15) is 0 Å². The topological polar surface area (TPSA) is 61.4 Å². The molecule has 2 N–H and O–H groups in total. The number of hydrogen-bond donors (Lipinski definition) is 2. The zero-order valence-electron chi connectivity index (χ0n) is 11.1. The molecule has 0 aromatic rings. The molecule has 5 nitrogen and oxygen atoms in total. The van der Waals surface area contributed by atoms with Crippen LogP contribution in [0.5, 0.6) is 0 Å². The Morgan fingerprint density at radius 1 is 1.22 bits per heavy atom. The number of amides is 2. The van der Waals surface area contributed by atoms with Crippen molar-refractivity contribution in [2.45, 2.75) is 25.7 Å². The van der Waals surface area contributed by atoms with Gasteiger partial charge in [-0.15, -0.1) is 0 Å². The predicted octanol–water partition coefficient (Wildman–Crippen LogP) is -0.0294. The average Bonchev–Trinajstić information content (AvgIpc) is 2.46. The fourth-order valence-corrected chi connectivity index (χ4v) is 2.92. The van der Waals surface area contributed by atoms with Gasteiger partial charge in [-0.1, -0.05) is 0 Å². The van der Waals surface area contributed by atoms with E-state index >= 15 is 0 Å². The maximum atomic E-state index is 12.4. The quantitative estimate of drug-likeness (QED) is 0.726. The van der Waals surface area contributed by atoms with Gasteiger partial charge in [0, 0.05) is 26.7 Å². The van der Waals surface area contributed by atoms with Crippen LogP contribution < -0.4 is 10.6 Å². The number of carbonyl (C=O) groups excluding carboxylic acids is 2. The van der Waals surface area contributed by atoms with E-state index in [1.807, 2.05) is 4.90 Å². The Bertz CT molecular complexity index is 313. The van der Waals surface area contributed by atoms with Gasteiger partial charge in [-0.25, -0.2) is 0 Å². The Morgan fingerprint density at radius 2 is 2.00 bits per heavy atom. The van der Waals surface area contributed by atoms with E-state index in [4.69, 9.17) is 0 Å². The van der Waals surface area contributed by atoms with Crippen LogP contribution in [-0.4, -0.2) is 49.9 Å². The van der Waals surface area contributed by atoms with Gasteiger partial charge in [-0.2, -0.15) is 0 Å². The van der Waals surface area contributed by atoms with Crippen LogP contribution in [-0.2, 0) is 9.59 Å². The van der Waals surface area contributed by atoms with Crippen LogP contribution in [0.3, 0.4) is 0 Å². The van der Waals surface area contributed by atoms with E-state index in [0.29, 0.717) is 6.54 Å². The van der Waals surface area contributed by atoms with Crippen molar-refractivity contribution in [2.24, 2.45) is 11.8 Å². The molecule has 2 amide bonds. The highest BCUT2D eigenvalue weighted by Gasteiger charge is 2.31. The molecule has 2 fully saturated rings. The van der Waals surface area contributed by atoms with Crippen LogP contribution in [0.1, 0.15) is 25.7 Å². The first-order valence-corrected chi connectivity index (χ1v) is 6.93. The molecule has 0 bridgehead atoms. The first-order chi connectivity index (χ1) is 8.72. The number of likely N-dealkylation sites (tertiary alicyclic amines) is 1. The molecule has 2 rings (SSSR count). The lowest BCUT2D eigenvalue weighted by atomic mass is 9.93. The minimum absolute atomic E-state index is 0.0238. The van der Waals surface area contributed by atoms with Crippen LogP contribution in [0.2, 0.25) is 0 Å². The van der Waals surface area contributed by atoms with E-state index in [1.165, 1.54) is 0 Å². The molecule has 2 heterocycles. The second-order valence-corrected chi connectivity index (χ2v) is 5.28. The van der Waals surface area contributed by atoms with E-state index in [1.54, 1.807) is 7.05 Å². The minimum atomic E-state index is -0.0238. The Labute approximate surface area is 108 Å². The Kier molecular flexibility index (Phi) is 4.58. The molecule has 2 saturated heterocycles. The van der Waals surface area contributed by atoms with E-state index in [9.17, 15) is 9.59 Å². The second kappa shape index (κ2) is 6.18. The van der Waals surface area contributed by atoms with Crippen molar-refractivity contribution < 1.29 is 9.59 Å². The monoisotopic (exact) mass is 253 g/mol. The lowest BCUT2D eigenvalue weighted by molar-refractivity contribution is -0.139. The number of nitrogens with one attached hydrogen (secondary N) is 2. The van der Waals surface area contributed by atoms with Crippen LogP contribution >= 0.6 is 0 Å². The van der Waals surface area contributed by atoms with E-state index in [-0.39, 0.29) is 23.7 Å². The van der Waals surface area contributed by atoms with Crippen molar-refractivity contribution in [3.8, 4) is 0 Å². The van der Waals surface area contributed by atoms with Gasteiger partial charge in [0.2, 0.25) is 11.8 Å². The Hall–Kier alpha value is -1.10. The summed E-state index contributed by atoms with van der Waals surface area (Å²) in [5.41, 5.74) is 0. The number of piperidine rings is 2. The fourth-order valence-electron chi connectivity index (χ4n) is 2.92. The molecule has 0 aliphatic carbocycles. The largest absolute Gasteiger partial charge is 0.359 e. The van der Waals surface area contributed by atoms with E-state index < -0.39 is 0 Å². The molecule has 102 valence electrons. The fraction of sp³-hybridized carbons (Fsp3) is 0.846. The zero-order valence-corrected chi connectivity index (χ0v) is 11.1. The van der Waals surface area contributed by atoms with Crippen molar-refractivity contribution in [3.05, 3.63) is 0 Å². The maximum absolute atomic E-state index is 12.4. The molecule has 2 aliphatic rings. The molecule has 2 aliphatic heterocycles. The smallest absolute Gasteiger partial charge is 0.226 e. The van der Waals surface area contributed by atoms with Crippen molar-refractivity contribution in [3.63, 3.8) is 0 Å². The van der Waals surface area contributed by atoms with Crippen LogP contribution in [0.15, 0.2) is 0 Å². The molecular weight excluding hydrogens is 230 g/mol. The molecule has 5 heteroatoms. The van der Waals surface area contributed by atoms with Gasteiger partial charge >= 0.3 is 0 Å². The summed E-state index contributed by atoms with van der Waals surface area (Å²) in [4.78, 5) is 25.9. The summed E-state index contributed by atoms with van der Waals surface area (Å²) in [6, 6.07) is 0. The van der Waals surface area contributed by atoms with Crippen molar-refractivity contribution in [1.29, 1.82) is 0 Å². The molecule has 0 aromatic carbocycles. The molecule has 0 radical (unpaired) electrons. The molecule has 0 aromatic heterocycles. The third-order valence-electron chi connectivity index (χ3n) is 4.00. The van der Waals surface area contributed by atoms with E-state index in [2.05, 4.69) is 10.6 Å². The van der Waals surface area contributed by atoms with Gasteiger partial charge in [0.15, 0.2) is 0 Å². The normalized spacial score (nSPS) is 28.8. The molecule has 2 atom stereocenters. The number of rotatable bonds is 2. The summed E-state index contributed by atoms with van der Waals surface area (Å²) < 4.78 is 0. The summed E-state index contributed by atoms with van der Waals surface area (Å²) in [5, 5.41) is 5.96. The minimum Gasteiger partial charge on any atom is -0.359 e. The first-order valence-electron chi connectivity index (χ1n) is 6.93. The van der Waals surface area contributed by atoms with Crippen molar-refractivity contribution >= 4 is 11.8 Å². The summed E-state index contributed by atoms with van der Waals surface area (Å²) in [5.74, 6) is 0.386. The van der Waals surface area contributed by atoms with Crippen LogP contribution in [0.4, 0.5) is 0 Å². The molecule has 0 spiro atoms. The van der Waals surface area contributed by atoms with Gasteiger partial charge in [0.25, 0.3) is 0 Å². The number of hydrogen-bond acceptors (Lipinski definition) is 3. The number of carbonyl (C=O) groups is 2. The lowest BCUT2D eigenvalue weighted by Gasteiger charge is -2.35. The molecular formula is C13H23N3O2. The Morgan fingerprint density at radius 3 is 2.67 bits per heavy atom. The third kappa shape index (κ3) is 3.02. The van der Waals surface area contributed by atoms with Gasteiger partial charge in [0.05, 0.1) is 11.8 Å². The maximum Gasteiger partial charge on any atom is 0.226 e. The lowest BCUT2D eigenvalue weighted by Crippen LogP contribution is -2.49. The molecule has 2 unspecified atom stereocenters. The molecule has 0 saturated carbocycles. The summed E-state index contributed by atoms with van der Waals surface area (Å²) >= 11 is 0. The number of nitrogens with zero attached hydrogens (tertiary/aromatic N) is 1. The third-order valence-corrected chi connectivity index (χ3v) is 4.00. The van der Waals surface area contributed by atoms with E-state index in [0.717, 1.165) is 45.3 Å². The predicted molar refractivity (Wildman–Crippen MR) is 69.0 cm³/mol. The zero-order chi connectivity index (χ0) is 13.0. The van der Waals surface area contributed by atoms with Crippen molar-refractivity contribution in [2.75, 3.05) is 33.2 Å². The Balaban J connectivity index is 1.91. The van der Waals surface area contributed by atoms with Gasteiger partial charge < -0.3 is 15.5 Å². The van der Waals surface area contributed by atoms with Crippen molar-refractivity contribution in [1.82, 2.24) is 15.5 Å². The highest BCUT2D eigenvalue weighted by molar-refractivity contribution is 5.82. The average molecular weight is 253 g/mol. The van der Waals surface area contributed by atoms with Gasteiger partial charge in [-0.3, -0.25) is 9.59 Å². The molecule has 18 heavy (non-hydrogen) atoms. The van der Waals surface area contributed by atoms with Gasteiger partial charge in [-0.05, 0) is 32.2 Å².